The summed E-state index contributed by atoms with van der Waals surface area (Å²) in [5.41, 5.74) is 1.24. The molecule has 0 bridgehead atoms. The molecule has 98 valence electrons. The summed E-state index contributed by atoms with van der Waals surface area (Å²) < 4.78 is 6.01. The van der Waals surface area contributed by atoms with E-state index in [1.165, 1.54) is 0 Å². The van der Waals surface area contributed by atoms with Crippen LogP contribution in [-0.2, 0) is 0 Å². The number of hydrogen-bond donors (Lipinski definition) is 1. The third-order valence-corrected chi connectivity index (χ3v) is 2.83. The Morgan fingerprint density at radius 3 is 2.95 bits per heavy atom. The van der Waals surface area contributed by atoms with Crippen LogP contribution in [0, 0.1) is 0 Å². The summed E-state index contributed by atoms with van der Waals surface area (Å²) in [5.74, 6) is 0.549. The van der Waals surface area contributed by atoms with Crippen LogP contribution in [0.3, 0.4) is 0 Å². The second-order valence-corrected chi connectivity index (χ2v) is 4.59. The molecule has 4 nitrogen and oxygen atoms in total. The molecule has 0 radical (unpaired) electrons. The molecule has 2 rings (SSSR count). The lowest BCUT2D eigenvalue weighted by atomic mass is 10.2. The maximum Gasteiger partial charge on any atom is 0.255 e. The van der Waals surface area contributed by atoms with Crippen molar-refractivity contribution in [2.45, 2.75) is 6.92 Å². The van der Waals surface area contributed by atoms with Crippen LogP contribution >= 0.6 is 15.9 Å². The lowest BCUT2D eigenvalue weighted by Crippen LogP contribution is -2.12. The molecule has 2 aromatic rings. The van der Waals surface area contributed by atoms with Gasteiger partial charge in [-0.15, -0.1) is 0 Å². The van der Waals surface area contributed by atoms with Crippen molar-refractivity contribution in [2.24, 2.45) is 0 Å². The SMILES string of the molecule is CCOc1cccc(NC(=O)c2ccnc(Br)c2)c1. The minimum atomic E-state index is -0.184. The van der Waals surface area contributed by atoms with E-state index >= 15 is 0 Å². The fourth-order valence-corrected chi connectivity index (χ4v) is 1.94. The summed E-state index contributed by atoms with van der Waals surface area (Å²) in [7, 11) is 0. The topological polar surface area (TPSA) is 51.2 Å². The number of amides is 1. The van der Waals surface area contributed by atoms with Crippen molar-refractivity contribution in [3.8, 4) is 5.75 Å². The zero-order valence-electron chi connectivity index (χ0n) is 10.4. The highest BCUT2D eigenvalue weighted by Crippen LogP contribution is 2.18. The van der Waals surface area contributed by atoms with Gasteiger partial charge in [-0.25, -0.2) is 4.98 Å². The van der Waals surface area contributed by atoms with Crippen molar-refractivity contribution in [3.63, 3.8) is 0 Å². The fourth-order valence-electron chi connectivity index (χ4n) is 1.58. The molecular formula is C14H13BrN2O2. The van der Waals surface area contributed by atoms with Gasteiger partial charge in [-0.05, 0) is 47.1 Å². The second kappa shape index (κ2) is 6.33. The van der Waals surface area contributed by atoms with Crippen LogP contribution < -0.4 is 10.1 Å². The number of halogens is 1. The van der Waals surface area contributed by atoms with Gasteiger partial charge in [-0.2, -0.15) is 0 Å². The monoisotopic (exact) mass is 320 g/mol. The Bertz CT molecular complexity index is 587. The van der Waals surface area contributed by atoms with Gasteiger partial charge in [-0.3, -0.25) is 4.79 Å². The molecule has 0 spiro atoms. The molecule has 0 aliphatic heterocycles. The molecule has 1 aromatic carbocycles. The number of ether oxygens (including phenoxy) is 1. The van der Waals surface area contributed by atoms with E-state index in [9.17, 15) is 4.79 Å². The van der Waals surface area contributed by atoms with Crippen LogP contribution in [0.25, 0.3) is 0 Å². The molecule has 19 heavy (non-hydrogen) atoms. The number of rotatable bonds is 4. The lowest BCUT2D eigenvalue weighted by molar-refractivity contribution is 0.102. The van der Waals surface area contributed by atoms with Crippen molar-refractivity contribution in [2.75, 3.05) is 11.9 Å². The quantitative estimate of drug-likeness (QED) is 0.877. The number of anilines is 1. The predicted molar refractivity (Wildman–Crippen MR) is 77.5 cm³/mol. The summed E-state index contributed by atoms with van der Waals surface area (Å²) in [6.07, 6.45) is 1.58. The number of aromatic nitrogens is 1. The number of benzene rings is 1. The Balaban J connectivity index is 2.12. The number of carbonyl (C=O) groups is 1. The molecule has 0 unspecified atom stereocenters. The van der Waals surface area contributed by atoms with E-state index in [2.05, 4.69) is 26.2 Å². The average molecular weight is 321 g/mol. The van der Waals surface area contributed by atoms with E-state index in [0.717, 1.165) is 5.75 Å². The zero-order valence-corrected chi connectivity index (χ0v) is 12.0. The Hall–Kier alpha value is -1.88. The van der Waals surface area contributed by atoms with Crippen LogP contribution in [0.15, 0.2) is 47.2 Å². The van der Waals surface area contributed by atoms with E-state index in [4.69, 9.17) is 4.74 Å². The van der Waals surface area contributed by atoms with Crippen LogP contribution in [0.4, 0.5) is 5.69 Å². The highest BCUT2D eigenvalue weighted by atomic mass is 79.9. The number of carbonyl (C=O) groups excluding carboxylic acids is 1. The molecule has 1 heterocycles. The van der Waals surface area contributed by atoms with Crippen molar-refractivity contribution in [3.05, 3.63) is 52.8 Å². The first kappa shape index (κ1) is 13.5. The van der Waals surface area contributed by atoms with Gasteiger partial charge in [-0.1, -0.05) is 6.07 Å². The summed E-state index contributed by atoms with van der Waals surface area (Å²) in [6.45, 7) is 2.51. The van der Waals surface area contributed by atoms with Gasteiger partial charge < -0.3 is 10.1 Å². The highest BCUT2D eigenvalue weighted by Gasteiger charge is 2.07. The molecule has 0 saturated carbocycles. The van der Waals surface area contributed by atoms with E-state index < -0.39 is 0 Å². The zero-order chi connectivity index (χ0) is 13.7. The fraction of sp³-hybridized carbons (Fsp3) is 0.143. The Labute approximate surface area is 119 Å². The Morgan fingerprint density at radius 2 is 2.21 bits per heavy atom. The summed E-state index contributed by atoms with van der Waals surface area (Å²) in [6, 6.07) is 10.6. The normalized spacial score (nSPS) is 10.0. The molecule has 0 aliphatic carbocycles. The first-order valence-corrected chi connectivity index (χ1v) is 6.64. The Kier molecular flexibility index (Phi) is 4.52. The van der Waals surface area contributed by atoms with E-state index in [1.807, 2.05) is 25.1 Å². The molecule has 1 aromatic heterocycles. The second-order valence-electron chi connectivity index (χ2n) is 3.78. The van der Waals surface area contributed by atoms with Gasteiger partial charge in [0, 0.05) is 23.5 Å². The summed E-state index contributed by atoms with van der Waals surface area (Å²) >= 11 is 3.24. The summed E-state index contributed by atoms with van der Waals surface area (Å²) in [4.78, 5) is 16.0. The van der Waals surface area contributed by atoms with Crippen LogP contribution in [0.2, 0.25) is 0 Å². The van der Waals surface area contributed by atoms with Gasteiger partial charge in [0.2, 0.25) is 0 Å². The maximum atomic E-state index is 12.0. The first-order valence-electron chi connectivity index (χ1n) is 5.85. The minimum absolute atomic E-state index is 0.184. The third-order valence-electron chi connectivity index (χ3n) is 2.39. The lowest BCUT2D eigenvalue weighted by Gasteiger charge is -2.08. The van der Waals surface area contributed by atoms with Crippen molar-refractivity contribution >= 4 is 27.5 Å². The molecule has 0 aliphatic rings. The van der Waals surface area contributed by atoms with Crippen LogP contribution in [-0.4, -0.2) is 17.5 Å². The van der Waals surface area contributed by atoms with Gasteiger partial charge in [0.25, 0.3) is 5.91 Å². The average Bonchev–Trinajstić information content (AvgIpc) is 2.39. The van der Waals surface area contributed by atoms with Crippen molar-refractivity contribution < 1.29 is 9.53 Å². The number of pyridine rings is 1. The molecular weight excluding hydrogens is 308 g/mol. The number of nitrogens with one attached hydrogen (secondary N) is 1. The number of nitrogens with zero attached hydrogens (tertiary/aromatic N) is 1. The van der Waals surface area contributed by atoms with E-state index in [0.29, 0.717) is 22.5 Å². The smallest absolute Gasteiger partial charge is 0.255 e. The van der Waals surface area contributed by atoms with Crippen LogP contribution in [0.5, 0.6) is 5.75 Å². The third kappa shape index (κ3) is 3.79. The molecule has 0 fully saturated rings. The van der Waals surface area contributed by atoms with Gasteiger partial charge >= 0.3 is 0 Å². The molecule has 0 saturated heterocycles. The van der Waals surface area contributed by atoms with Crippen LogP contribution in [0.1, 0.15) is 17.3 Å². The summed E-state index contributed by atoms with van der Waals surface area (Å²) in [5, 5.41) is 2.82. The first-order chi connectivity index (χ1) is 9.19. The van der Waals surface area contributed by atoms with Gasteiger partial charge in [0.05, 0.1) is 6.61 Å². The highest BCUT2D eigenvalue weighted by molar-refractivity contribution is 9.10. The molecule has 1 amide bonds. The van der Waals surface area contributed by atoms with Crippen molar-refractivity contribution in [1.82, 2.24) is 4.98 Å². The maximum absolute atomic E-state index is 12.0. The number of hydrogen-bond acceptors (Lipinski definition) is 3. The predicted octanol–water partition coefficient (Wildman–Crippen LogP) is 3.50. The van der Waals surface area contributed by atoms with Crippen molar-refractivity contribution in [1.29, 1.82) is 0 Å². The molecule has 1 N–H and O–H groups in total. The standard InChI is InChI=1S/C14H13BrN2O2/c1-2-19-12-5-3-4-11(9-12)17-14(18)10-6-7-16-13(15)8-10/h3-9H,2H2,1H3,(H,17,18). The largest absolute Gasteiger partial charge is 0.494 e. The van der Waals surface area contributed by atoms with E-state index in [-0.39, 0.29) is 5.91 Å². The Morgan fingerprint density at radius 1 is 1.37 bits per heavy atom. The van der Waals surface area contributed by atoms with Gasteiger partial charge in [0.1, 0.15) is 10.4 Å². The van der Waals surface area contributed by atoms with Gasteiger partial charge in [0.15, 0.2) is 0 Å². The van der Waals surface area contributed by atoms with E-state index in [1.54, 1.807) is 24.4 Å². The molecule has 0 atom stereocenters. The minimum Gasteiger partial charge on any atom is -0.494 e. The molecule has 5 heteroatoms.